The Morgan fingerprint density at radius 3 is 2.24 bits per heavy atom. The van der Waals surface area contributed by atoms with Crippen molar-refractivity contribution in [3.63, 3.8) is 0 Å². The molecule has 1 aliphatic heterocycles. The lowest BCUT2D eigenvalue weighted by molar-refractivity contribution is 0.0930. The van der Waals surface area contributed by atoms with Gasteiger partial charge in [0, 0.05) is 11.6 Å². The predicted molar refractivity (Wildman–Crippen MR) is 64.9 cm³/mol. The first-order chi connectivity index (χ1) is 8.08. The molecule has 1 heterocycles. The van der Waals surface area contributed by atoms with Crippen LogP contribution in [0.15, 0.2) is 12.1 Å². The minimum Gasteiger partial charge on any atom is -0.493 e. The molecule has 2 rings (SSSR count). The molecular formula is C13H17NO3. The number of Topliss-reactive ketones (excluding diaryl/α,β-unsaturated/α-hetero) is 1. The molecule has 2 unspecified atom stereocenters. The number of ether oxygens (including phenoxy) is 2. The van der Waals surface area contributed by atoms with Gasteiger partial charge in [-0.25, -0.2) is 0 Å². The van der Waals surface area contributed by atoms with Gasteiger partial charge >= 0.3 is 0 Å². The summed E-state index contributed by atoms with van der Waals surface area (Å²) in [6, 6.07) is 3.62. The fraction of sp³-hybridized carbons (Fsp3) is 0.462. The molecule has 17 heavy (non-hydrogen) atoms. The normalized spacial score (nSPS) is 23.2. The smallest absolute Gasteiger partial charge is 0.179 e. The van der Waals surface area contributed by atoms with E-state index in [1.54, 1.807) is 20.3 Å². The zero-order chi connectivity index (χ0) is 12.6. The molecule has 92 valence electrons. The molecule has 0 spiro atoms. The quantitative estimate of drug-likeness (QED) is 0.851. The molecule has 0 amide bonds. The van der Waals surface area contributed by atoms with E-state index in [0.29, 0.717) is 11.5 Å². The average Bonchev–Trinajstić information content (AvgIpc) is 2.34. The molecule has 1 aromatic rings. The number of rotatable bonds is 2. The third-order valence-electron chi connectivity index (χ3n) is 3.18. The minimum atomic E-state index is -0.157. The Kier molecular flexibility index (Phi) is 3.07. The number of methoxy groups -OCH3 is 2. The summed E-state index contributed by atoms with van der Waals surface area (Å²) in [5, 5.41) is 3.23. The second-order valence-electron chi connectivity index (χ2n) is 4.27. The van der Waals surface area contributed by atoms with Crippen molar-refractivity contribution in [3.8, 4) is 11.5 Å². The first-order valence-corrected chi connectivity index (χ1v) is 5.64. The summed E-state index contributed by atoms with van der Waals surface area (Å²) in [4.78, 5) is 12.1. The van der Waals surface area contributed by atoms with Gasteiger partial charge in [0.15, 0.2) is 17.3 Å². The largest absolute Gasteiger partial charge is 0.493 e. The Bertz CT molecular complexity index is 456. The first kappa shape index (κ1) is 11.9. The van der Waals surface area contributed by atoms with E-state index in [9.17, 15) is 4.79 Å². The van der Waals surface area contributed by atoms with Crippen molar-refractivity contribution in [3.05, 3.63) is 23.3 Å². The zero-order valence-electron chi connectivity index (χ0n) is 10.5. The highest BCUT2D eigenvalue weighted by molar-refractivity contribution is 6.03. The van der Waals surface area contributed by atoms with Crippen LogP contribution >= 0.6 is 0 Å². The number of benzene rings is 1. The van der Waals surface area contributed by atoms with Crippen LogP contribution in [-0.2, 0) is 0 Å². The fourth-order valence-corrected chi connectivity index (χ4v) is 2.24. The molecule has 0 aliphatic carbocycles. The van der Waals surface area contributed by atoms with Crippen molar-refractivity contribution in [2.75, 3.05) is 14.2 Å². The summed E-state index contributed by atoms with van der Waals surface area (Å²) in [5.74, 6) is 1.35. The van der Waals surface area contributed by atoms with E-state index in [1.165, 1.54) is 0 Å². The monoisotopic (exact) mass is 235 g/mol. The van der Waals surface area contributed by atoms with Gasteiger partial charge in [0.2, 0.25) is 0 Å². The summed E-state index contributed by atoms with van der Waals surface area (Å²) in [6.07, 6.45) is 0. The van der Waals surface area contributed by atoms with Crippen molar-refractivity contribution in [2.24, 2.45) is 0 Å². The maximum absolute atomic E-state index is 12.1. The van der Waals surface area contributed by atoms with Crippen molar-refractivity contribution >= 4 is 5.78 Å². The van der Waals surface area contributed by atoms with E-state index in [4.69, 9.17) is 9.47 Å². The number of hydrogen-bond acceptors (Lipinski definition) is 4. The molecule has 0 fully saturated rings. The predicted octanol–water partition coefficient (Wildman–Crippen LogP) is 1.94. The summed E-state index contributed by atoms with van der Waals surface area (Å²) in [5.41, 5.74) is 1.69. The first-order valence-electron chi connectivity index (χ1n) is 5.64. The van der Waals surface area contributed by atoms with E-state index >= 15 is 0 Å². The second kappa shape index (κ2) is 4.37. The van der Waals surface area contributed by atoms with Gasteiger partial charge in [0.05, 0.1) is 20.3 Å². The van der Waals surface area contributed by atoms with Crippen molar-refractivity contribution < 1.29 is 14.3 Å². The molecule has 4 nitrogen and oxygen atoms in total. The molecule has 2 atom stereocenters. The van der Waals surface area contributed by atoms with Crippen LogP contribution in [0.3, 0.4) is 0 Å². The molecule has 4 heteroatoms. The molecule has 0 aromatic heterocycles. The molecular weight excluding hydrogens is 218 g/mol. The molecule has 1 N–H and O–H groups in total. The van der Waals surface area contributed by atoms with E-state index in [1.807, 2.05) is 19.9 Å². The lowest BCUT2D eigenvalue weighted by Gasteiger charge is -2.28. The van der Waals surface area contributed by atoms with Crippen molar-refractivity contribution in [1.82, 2.24) is 5.32 Å². The van der Waals surface area contributed by atoms with E-state index in [0.717, 1.165) is 11.1 Å². The van der Waals surface area contributed by atoms with Gasteiger partial charge in [-0.2, -0.15) is 0 Å². The van der Waals surface area contributed by atoms with Crippen LogP contribution in [0, 0.1) is 0 Å². The number of hydrogen-bond donors (Lipinski definition) is 1. The van der Waals surface area contributed by atoms with Crippen LogP contribution in [0.4, 0.5) is 0 Å². The Morgan fingerprint density at radius 2 is 1.65 bits per heavy atom. The highest BCUT2D eigenvalue weighted by Crippen LogP contribution is 2.35. The van der Waals surface area contributed by atoms with Gasteiger partial charge < -0.3 is 14.8 Å². The zero-order valence-corrected chi connectivity index (χ0v) is 10.5. The lowest BCUT2D eigenvalue weighted by Crippen LogP contribution is -2.41. The molecule has 0 radical (unpaired) electrons. The van der Waals surface area contributed by atoms with Gasteiger partial charge in [-0.05, 0) is 31.5 Å². The van der Waals surface area contributed by atoms with Gasteiger partial charge in [-0.3, -0.25) is 4.79 Å². The summed E-state index contributed by atoms with van der Waals surface area (Å²) >= 11 is 0. The van der Waals surface area contributed by atoms with Crippen LogP contribution < -0.4 is 14.8 Å². The molecule has 1 aliphatic rings. The van der Waals surface area contributed by atoms with Gasteiger partial charge in [-0.15, -0.1) is 0 Å². The SMILES string of the molecule is COc1cc2c(cc1OC)C(C)NC(C)C2=O. The van der Waals surface area contributed by atoms with Crippen molar-refractivity contribution in [1.29, 1.82) is 0 Å². The maximum Gasteiger partial charge on any atom is 0.179 e. The standard InChI is InChI=1S/C13H17NO3/c1-7-9-5-11(16-3)12(17-4)6-10(9)13(15)8(2)14-7/h5-8,14H,1-4H3. The lowest BCUT2D eigenvalue weighted by atomic mass is 9.90. The Balaban J connectivity index is 2.59. The topological polar surface area (TPSA) is 47.6 Å². The number of carbonyl (C=O) groups is 1. The number of nitrogens with one attached hydrogen (secondary N) is 1. The minimum absolute atomic E-state index is 0.0963. The number of ketones is 1. The summed E-state index contributed by atoms with van der Waals surface area (Å²) in [6.45, 7) is 3.91. The van der Waals surface area contributed by atoms with Crippen LogP contribution in [0.5, 0.6) is 11.5 Å². The fourth-order valence-electron chi connectivity index (χ4n) is 2.24. The third-order valence-corrected chi connectivity index (χ3v) is 3.18. The van der Waals surface area contributed by atoms with Crippen LogP contribution in [-0.4, -0.2) is 26.0 Å². The number of carbonyl (C=O) groups excluding carboxylic acids is 1. The third kappa shape index (κ3) is 1.89. The summed E-state index contributed by atoms with van der Waals surface area (Å²) < 4.78 is 10.5. The van der Waals surface area contributed by atoms with Gasteiger partial charge in [0.1, 0.15) is 0 Å². The van der Waals surface area contributed by atoms with Crippen LogP contribution in [0.1, 0.15) is 35.8 Å². The average molecular weight is 235 g/mol. The molecule has 1 aromatic carbocycles. The Morgan fingerprint density at radius 1 is 1.06 bits per heavy atom. The van der Waals surface area contributed by atoms with Crippen LogP contribution in [0.2, 0.25) is 0 Å². The van der Waals surface area contributed by atoms with Gasteiger partial charge in [-0.1, -0.05) is 0 Å². The maximum atomic E-state index is 12.1. The van der Waals surface area contributed by atoms with E-state index in [-0.39, 0.29) is 17.9 Å². The highest BCUT2D eigenvalue weighted by atomic mass is 16.5. The molecule has 0 saturated heterocycles. The summed E-state index contributed by atoms with van der Waals surface area (Å²) in [7, 11) is 3.16. The number of fused-ring (bicyclic) bond motifs is 1. The van der Waals surface area contributed by atoms with Crippen molar-refractivity contribution in [2.45, 2.75) is 25.9 Å². The van der Waals surface area contributed by atoms with Crippen LogP contribution in [0.25, 0.3) is 0 Å². The Labute approximate surface area is 101 Å². The highest BCUT2D eigenvalue weighted by Gasteiger charge is 2.29. The molecule has 0 saturated carbocycles. The van der Waals surface area contributed by atoms with E-state index in [2.05, 4.69) is 5.32 Å². The molecule has 0 bridgehead atoms. The van der Waals surface area contributed by atoms with E-state index < -0.39 is 0 Å². The second-order valence-corrected chi connectivity index (χ2v) is 4.27. The Hall–Kier alpha value is -1.55. The van der Waals surface area contributed by atoms with Gasteiger partial charge in [0.25, 0.3) is 0 Å².